The fourth-order valence-electron chi connectivity index (χ4n) is 3.58. The fourth-order valence-corrected chi connectivity index (χ4v) is 3.58. The Hall–Kier alpha value is -2.41. The van der Waals surface area contributed by atoms with Crippen LogP contribution in [0.2, 0.25) is 0 Å². The number of hydrogen-bond acceptors (Lipinski definition) is 5. The zero-order chi connectivity index (χ0) is 17.1. The third-order valence-electron chi connectivity index (χ3n) is 4.99. The van der Waals surface area contributed by atoms with Gasteiger partial charge in [0.1, 0.15) is 5.82 Å². The van der Waals surface area contributed by atoms with Gasteiger partial charge in [0.05, 0.1) is 25.2 Å². The highest BCUT2D eigenvalue weighted by Gasteiger charge is 2.26. The number of ether oxygens (including phenoxy) is 1. The molecule has 25 heavy (non-hydrogen) atoms. The maximum Gasteiger partial charge on any atom is 0.223 e. The first-order chi connectivity index (χ1) is 12.3. The first kappa shape index (κ1) is 16.1. The smallest absolute Gasteiger partial charge is 0.223 e. The van der Waals surface area contributed by atoms with Gasteiger partial charge >= 0.3 is 0 Å². The molecule has 1 aliphatic carbocycles. The molecule has 4 rings (SSSR count). The van der Waals surface area contributed by atoms with E-state index in [0.717, 1.165) is 68.3 Å². The van der Waals surface area contributed by atoms with E-state index in [-0.39, 0.29) is 11.8 Å². The Labute approximate surface area is 146 Å². The molecule has 132 valence electrons. The second kappa shape index (κ2) is 7.23. The molecule has 7 nitrogen and oxygen atoms in total. The molecule has 1 atom stereocenters. The van der Waals surface area contributed by atoms with Crippen molar-refractivity contribution in [1.29, 1.82) is 0 Å². The number of aromatic amines is 1. The first-order valence-electron chi connectivity index (χ1n) is 8.86. The molecule has 1 amide bonds. The van der Waals surface area contributed by atoms with Gasteiger partial charge in [-0.05, 0) is 18.9 Å². The lowest BCUT2D eigenvalue weighted by molar-refractivity contribution is -0.125. The molecular formula is C18H23N5O2. The Morgan fingerprint density at radius 3 is 3.12 bits per heavy atom. The van der Waals surface area contributed by atoms with Crippen LogP contribution in [0.4, 0.5) is 5.82 Å². The average Bonchev–Trinajstić information content (AvgIpc) is 3.15. The number of fused-ring (bicyclic) bond motifs is 1. The number of carbonyl (C=O) groups is 1. The van der Waals surface area contributed by atoms with E-state index in [1.54, 1.807) is 12.5 Å². The Kier molecular flexibility index (Phi) is 4.65. The number of pyridine rings is 1. The highest BCUT2D eigenvalue weighted by molar-refractivity contribution is 5.79. The van der Waals surface area contributed by atoms with E-state index in [4.69, 9.17) is 4.74 Å². The molecule has 7 heteroatoms. The minimum Gasteiger partial charge on any atom is -0.378 e. The summed E-state index contributed by atoms with van der Waals surface area (Å²) in [5, 5.41) is 3.10. The van der Waals surface area contributed by atoms with E-state index in [2.05, 4.69) is 25.2 Å². The second-order valence-corrected chi connectivity index (χ2v) is 6.57. The van der Waals surface area contributed by atoms with Crippen molar-refractivity contribution in [3.63, 3.8) is 0 Å². The van der Waals surface area contributed by atoms with Gasteiger partial charge < -0.3 is 19.9 Å². The highest BCUT2D eigenvalue weighted by Crippen LogP contribution is 2.23. The zero-order valence-electron chi connectivity index (χ0n) is 14.2. The number of carbonyl (C=O) groups excluding carboxylic acids is 1. The molecule has 2 aromatic rings. The van der Waals surface area contributed by atoms with Crippen molar-refractivity contribution >= 4 is 11.7 Å². The number of H-pyrrole nitrogens is 1. The van der Waals surface area contributed by atoms with Gasteiger partial charge in [-0.1, -0.05) is 6.07 Å². The van der Waals surface area contributed by atoms with Gasteiger partial charge in [-0.2, -0.15) is 0 Å². The number of imidazole rings is 1. The lowest BCUT2D eigenvalue weighted by Gasteiger charge is -2.29. The third kappa shape index (κ3) is 3.51. The van der Waals surface area contributed by atoms with E-state index >= 15 is 0 Å². The SMILES string of the molecule is O=C(NCc1cccnc1N1CCOCC1)C1CCc2nc[nH]c2C1. The maximum atomic E-state index is 12.6. The van der Waals surface area contributed by atoms with E-state index in [1.807, 2.05) is 12.1 Å². The van der Waals surface area contributed by atoms with Crippen molar-refractivity contribution < 1.29 is 9.53 Å². The molecule has 1 aliphatic heterocycles. The molecule has 0 aromatic carbocycles. The summed E-state index contributed by atoms with van der Waals surface area (Å²) < 4.78 is 5.41. The third-order valence-corrected chi connectivity index (χ3v) is 4.99. The van der Waals surface area contributed by atoms with E-state index in [9.17, 15) is 4.79 Å². The second-order valence-electron chi connectivity index (χ2n) is 6.57. The maximum absolute atomic E-state index is 12.6. The van der Waals surface area contributed by atoms with Crippen molar-refractivity contribution in [2.75, 3.05) is 31.2 Å². The molecule has 0 radical (unpaired) electrons. The summed E-state index contributed by atoms with van der Waals surface area (Å²) in [6.45, 7) is 3.62. The summed E-state index contributed by atoms with van der Waals surface area (Å²) in [6.07, 6.45) is 5.98. The van der Waals surface area contributed by atoms with Crippen molar-refractivity contribution in [3.8, 4) is 0 Å². The van der Waals surface area contributed by atoms with Gasteiger partial charge in [-0.25, -0.2) is 9.97 Å². The number of hydrogen-bond donors (Lipinski definition) is 2. The van der Waals surface area contributed by atoms with Crippen LogP contribution < -0.4 is 10.2 Å². The number of rotatable bonds is 4. The number of amides is 1. The lowest BCUT2D eigenvalue weighted by Crippen LogP contribution is -2.38. The van der Waals surface area contributed by atoms with Gasteiger partial charge in [0, 0.05) is 49.4 Å². The van der Waals surface area contributed by atoms with Crippen LogP contribution in [0.15, 0.2) is 24.7 Å². The van der Waals surface area contributed by atoms with Gasteiger partial charge in [0.2, 0.25) is 5.91 Å². The van der Waals surface area contributed by atoms with Crippen LogP contribution in [0.5, 0.6) is 0 Å². The van der Waals surface area contributed by atoms with Crippen LogP contribution >= 0.6 is 0 Å². The molecule has 0 bridgehead atoms. The highest BCUT2D eigenvalue weighted by atomic mass is 16.5. The number of anilines is 1. The molecular weight excluding hydrogens is 318 g/mol. The van der Waals surface area contributed by atoms with Crippen molar-refractivity contribution in [2.45, 2.75) is 25.8 Å². The normalized spacial score (nSPS) is 20.2. The number of morpholine rings is 1. The lowest BCUT2D eigenvalue weighted by atomic mass is 9.89. The van der Waals surface area contributed by atoms with Crippen LogP contribution in [0, 0.1) is 5.92 Å². The van der Waals surface area contributed by atoms with Crippen LogP contribution in [0.1, 0.15) is 23.4 Å². The topological polar surface area (TPSA) is 83.1 Å². The van der Waals surface area contributed by atoms with Gasteiger partial charge in [0.15, 0.2) is 0 Å². The van der Waals surface area contributed by atoms with Crippen LogP contribution in [-0.4, -0.2) is 47.2 Å². The minimum absolute atomic E-state index is 0.0106. The monoisotopic (exact) mass is 341 g/mol. The fraction of sp³-hybridized carbons (Fsp3) is 0.500. The molecule has 1 saturated heterocycles. The molecule has 0 spiro atoms. The predicted octanol–water partition coefficient (Wildman–Crippen LogP) is 1.06. The molecule has 2 N–H and O–H groups in total. The largest absolute Gasteiger partial charge is 0.378 e. The van der Waals surface area contributed by atoms with Crippen molar-refractivity contribution in [3.05, 3.63) is 41.6 Å². The number of nitrogens with zero attached hydrogens (tertiary/aromatic N) is 3. The van der Waals surface area contributed by atoms with Crippen LogP contribution in [-0.2, 0) is 28.9 Å². The minimum atomic E-state index is 0.0106. The molecule has 2 aliphatic rings. The summed E-state index contributed by atoms with van der Waals surface area (Å²) in [4.78, 5) is 26.8. The molecule has 0 saturated carbocycles. The summed E-state index contributed by atoms with van der Waals surface area (Å²) >= 11 is 0. The van der Waals surface area contributed by atoms with Crippen LogP contribution in [0.3, 0.4) is 0 Å². The van der Waals surface area contributed by atoms with E-state index < -0.39 is 0 Å². The van der Waals surface area contributed by atoms with E-state index in [0.29, 0.717) is 6.54 Å². The number of aryl methyl sites for hydroxylation is 1. The number of nitrogens with one attached hydrogen (secondary N) is 2. The zero-order valence-corrected chi connectivity index (χ0v) is 14.2. The van der Waals surface area contributed by atoms with Crippen molar-refractivity contribution in [1.82, 2.24) is 20.3 Å². The molecule has 2 aromatic heterocycles. The Morgan fingerprint density at radius 2 is 2.24 bits per heavy atom. The van der Waals surface area contributed by atoms with Crippen LogP contribution in [0.25, 0.3) is 0 Å². The van der Waals surface area contributed by atoms with Gasteiger partial charge in [0.25, 0.3) is 0 Å². The summed E-state index contributed by atoms with van der Waals surface area (Å²) in [5.74, 6) is 1.07. The van der Waals surface area contributed by atoms with Gasteiger partial charge in [-0.3, -0.25) is 4.79 Å². The molecule has 1 fully saturated rings. The Morgan fingerprint density at radius 1 is 1.36 bits per heavy atom. The van der Waals surface area contributed by atoms with E-state index in [1.165, 1.54) is 0 Å². The average molecular weight is 341 g/mol. The standard InChI is InChI=1S/C18H23N5O2/c24-18(13-3-4-15-16(10-13)22-12-21-15)20-11-14-2-1-5-19-17(14)23-6-8-25-9-7-23/h1-2,5,12-13H,3-4,6-11H2,(H,20,24)(H,21,22). The van der Waals surface area contributed by atoms with Crippen molar-refractivity contribution in [2.24, 2.45) is 5.92 Å². The summed E-state index contributed by atoms with van der Waals surface area (Å²) in [6, 6.07) is 3.95. The first-order valence-corrected chi connectivity index (χ1v) is 8.86. The number of aromatic nitrogens is 3. The molecule has 3 heterocycles. The quantitative estimate of drug-likeness (QED) is 0.869. The van der Waals surface area contributed by atoms with Gasteiger partial charge in [-0.15, -0.1) is 0 Å². The molecule has 1 unspecified atom stereocenters. The Balaban J connectivity index is 1.39. The Bertz CT molecular complexity index is 739. The summed E-state index contributed by atoms with van der Waals surface area (Å²) in [5.41, 5.74) is 3.25. The summed E-state index contributed by atoms with van der Waals surface area (Å²) in [7, 11) is 0. The predicted molar refractivity (Wildman–Crippen MR) is 93.2 cm³/mol.